The average Bonchev–Trinajstić information content (AvgIpc) is 2.77. The SMILES string of the molecule is C[Si](C)(C)CCOCn1cc(Br)c(Oc2ccc(N)cc2F)c1. The third kappa shape index (κ3) is 5.67. The fourth-order valence-electron chi connectivity index (χ4n) is 1.88. The zero-order chi connectivity index (χ0) is 17.0. The Kier molecular flexibility index (Phi) is 5.88. The maximum absolute atomic E-state index is 13.8. The van der Waals surface area contributed by atoms with Crippen molar-refractivity contribution in [2.75, 3.05) is 12.3 Å². The number of aromatic nitrogens is 1. The van der Waals surface area contributed by atoms with Gasteiger partial charge in [0.05, 0.1) is 4.47 Å². The number of hydrogen-bond donors (Lipinski definition) is 1. The molecule has 0 saturated heterocycles. The van der Waals surface area contributed by atoms with E-state index in [1.807, 2.05) is 10.8 Å². The quantitative estimate of drug-likeness (QED) is 0.400. The number of anilines is 1. The van der Waals surface area contributed by atoms with Crippen LogP contribution in [-0.2, 0) is 11.5 Å². The fourth-order valence-corrected chi connectivity index (χ4v) is 3.08. The van der Waals surface area contributed by atoms with E-state index in [4.69, 9.17) is 15.2 Å². The zero-order valence-electron chi connectivity index (χ0n) is 13.6. The van der Waals surface area contributed by atoms with E-state index in [1.165, 1.54) is 12.1 Å². The predicted octanol–water partition coefficient (Wildman–Crippen LogP) is 5.08. The summed E-state index contributed by atoms with van der Waals surface area (Å²) < 4.78 is 27.7. The van der Waals surface area contributed by atoms with Crippen molar-refractivity contribution in [1.29, 1.82) is 0 Å². The number of ether oxygens (including phenoxy) is 2. The maximum atomic E-state index is 13.8. The second-order valence-corrected chi connectivity index (χ2v) is 13.1. The lowest BCUT2D eigenvalue weighted by atomic mass is 10.3. The van der Waals surface area contributed by atoms with E-state index >= 15 is 0 Å². The van der Waals surface area contributed by atoms with Crippen molar-refractivity contribution in [2.24, 2.45) is 0 Å². The van der Waals surface area contributed by atoms with Gasteiger partial charge in [0, 0.05) is 38.8 Å². The number of hydrogen-bond acceptors (Lipinski definition) is 3. The molecule has 4 nitrogen and oxygen atoms in total. The molecule has 1 heterocycles. The van der Waals surface area contributed by atoms with Crippen LogP contribution in [0.25, 0.3) is 0 Å². The van der Waals surface area contributed by atoms with E-state index in [0.29, 0.717) is 18.2 Å². The predicted molar refractivity (Wildman–Crippen MR) is 97.1 cm³/mol. The molecular formula is C16H22BrFN2O2Si. The molecule has 0 fully saturated rings. The van der Waals surface area contributed by atoms with Gasteiger partial charge in [-0.05, 0) is 34.1 Å². The lowest BCUT2D eigenvalue weighted by Crippen LogP contribution is -2.21. The molecule has 7 heteroatoms. The largest absolute Gasteiger partial charge is 0.451 e. The highest BCUT2D eigenvalue weighted by Gasteiger charge is 2.13. The molecule has 0 aliphatic rings. The first-order valence-corrected chi connectivity index (χ1v) is 11.9. The highest BCUT2D eigenvalue weighted by molar-refractivity contribution is 9.10. The smallest absolute Gasteiger partial charge is 0.167 e. The summed E-state index contributed by atoms with van der Waals surface area (Å²) in [7, 11) is -1.08. The number of rotatable bonds is 7. The van der Waals surface area contributed by atoms with Gasteiger partial charge in [0.15, 0.2) is 17.3 Å². The van der Waals surface area contributed by atoms with Gasteiger partial charge in [-0.25, -0.2) is 4.39 Å². The molecular weight excluding hydrogens is 379 g/mol. The first kappa shape index (κ1) is 18.0. The molecule has 126 valence electrons. The minimum Gasteiger partial charge on any atom is -0.451 e. The van der Waals surface area contributed by atoms with Crippen LogP contribution in [0.2, 0.25) is 25.7 Å². The summed E-state index contributed by atoms with van der Waals surface area (Å²) in [5.74, 6) is 0.177. The van der Waals surface area contributed by atoms with Gasteiger partial charge in [-0.15, -0.1) is 0 Å². The molecule has 1 aromatic heterocycles. The Morgan fingerprint density at radius 1 is 1.22 bits per heavy atom. The first-order chi connectivity index (χ1) is 10.7. The zero-order valence-corrected chi connectivity index (χ0v) is 16.2. The topological polar surface area (TPSA) is 49.4 Å². The molecule has 2 aromatic rings. The Labute approximate surface area is 145 Å². The van der Waals surface area contributed by atoms with Crippen LogP contribution in [0.4, 0.5) is 10.1 Å². The summed E-state index contributed by atoms with van der Waals surface area (Å²) in [5, 5.41) is 0. The van der Waals surface area contributed by atoms with Crippen LogP contribution in [-0.4, -0.2) is 19.2 Å². The van der Waals surface area contributed by atoms with Gasteiger partial charge in [-0.2, -0.15) is 0 Å². The molecule has 0 aliphatic heterocycles. The van der Waals surface area contributed by atoms with Crippen molar-refractivity contribution < 1.29 is 13.9 Å². The van der Waals surface area contributed by atoms with E-state index < -0.39 is 13.9 Å². The summed E-state index contributed by atoms with van der Waals surface area (Å²) in [6, 6.07) is 5.47. The van der Waals surface area contributed by atoms with Crippen LogP contribution >= 0.6 is 15.9 Å². The van der Waals surface area contributed by atoms with Crippen molar-refractivity contribution in [1.82, 2.24) is 4.57 Å². The highest BCUT2D eigenvalue weighted by atomic mass is 79.9. The molecule has 1 aromatic carbocycles. The molecule has 0 unspecified atom stereocenters. The summed E-state index contributed by atoms with van der Waals surface area (Å²) >= 11 is 3.41. The van der Waals surface area contributed by atoms with Crippen LogP contribution in [0.3, 0.4) is 0 Å². The number of nitrogens with two attached hydrogens (primary N) is 1. The van der Waals surface area contributed by atoms with Gasteiger partial charge < -0.3 is 19.8 Å². The molecule has 0 saturated carbocycles. The Balaban J connectivity index is 1.95. The molecule has 0 amide bonds. The van der Waals surface area contributed by atoms with Crippen molar-refractivity contribution in [3.63, 3.8) is 0 Å². The van der Waals surface area contributed by atoms with Crippen molar-refractivity contribution in [3.8, 4) is 11.5 Å². The minimum absolute atomic E-state index is 0.136. The monoisotopic (exact) mass is 400 g/mol. The van der Waals surface area contributed by atoms with Gasteiger partial charge in [0.25, 0.3) is 0 Å². The summed E-state index contributed by atoms with van der Waals surface area (Å²) in [5.41, 5.74) is 5.89. The fraction of sp³-hybridized carbons (Fsp3) is 0.375. The van der Waals surface area contributed by atoms with Gasteiger partial charge in [-0.1, -0.05) is 19.6 Å². The molecule has 0 atom stereocenters. The van der Waals surface area contributed by atoms with Crippen LogP contribution in [0.1, 0.15) is 0 Å². The maximum Gasteiger partial charge on any atom is 0.167 e. The standard InChI is InChI=1S/C16H22BrFN2O2Si/c1-23(2,3)7-6-21-11-20-9-13(17)16(10-20)22-15-5-4-12(19)8-14(15)18/h4-5,8-10H,6-7,11,19H2,1-3H3. The lowest BCUT2D eigenvalue weighted by Gasteiger charge is -2.15. The van der Waals surface area contributed by atoms with E-state index in [2.05, 4.69) is 35.6 Å². The molecule has 0 radical (unpaired) electrons. The number of nitrogen functional groups attached to an aromatic ring is 1. The Morgan fingerprint density at radius 3 is 2.61 bits per heavy atom. The van der Waals surface area contributed by atoms with Crippen molar-refractivity contribution in [3.05, 3.63) is 40.9 Å². The van der Waals surface area contributed by atoms with E-state index in [0.717, 1.165) is 17.1 Å². The molecule has 0 aliphatic carbocycles. The Morgan fingerprint density at radius 2 is 1.96 bits per heavy atom. The second-order valence-electron chi connectivity index (χ2n) is 6.62. The van der Waals surface area contributed by atoms with Crippen molar-refractivity contribution in [2.45, 2.75) is 32.4 Å². The molecule has 0 spiro atoms. The molecule has 23 heavy (non-hydrogen) atoms. The number of halogens is 2. The number of nitrogens with zero attached hydrogens (tertiary/aromatic N) is 1. The van der Waals surface area contributed by atoms with Gasteiger partial charge in [0.2, 0.25) is 0 Å². The number of benzene rings is 1. The van der Waals surface area contributed by atoms with E-state index in [-0.39, 0.29) is 5.75 Å². The summed E-state index contributed by atoms with van der Waals surface area (Å²) in [6.07, 6.45) is 3.62. The van der Waals surface area contributed by atoms with Crippen LogP contribution in [0, 0.1) is 5.82 Å². The average molecular weight is 401 g/mol. The van der Waals surface area contributed by atoms with Gasteiger partial charge in [0.1, 0.15) is 6.73 Å². The lowest BCUT2D eigenvalue weighted by molar-refractivity contribution is 0.0872. The second kappa shape index (κ2) is 7.50. The summed E-state index contributed by atoms with van der Waals surface area (Å²) in [4.78, 5) is 0. The third-order valence-electron chi connectivity index (χ3n) is 3.21. The van der Waals surface area contributed by atoms with Crippen LogP contribution < -0.4 is 10.5 Å². The molecule has 0 bridgehead atoms. The highest BCUT2D eigenvalue weighted by Crippen LogP contribution is 2.32. The first-order valence-electron chi connectivity index (χ1n) is 7.40. The Bertz CT molecular complexity index is 671. The van der Waals surface area contributed by atoms with Crippen molar-refractivity contribution >= 4 is 29.7 Å². The molecule has 2 rings (SSSR count). The minimum atomic E-state index is -1.08. The molecule has 2 N–H and O–H groups in total. The third-order valence-corrected chi connectivity index (χ3v) is 5.51. The Hall–Kier alpha value is -1.31. The normalized spacial score (nSPS) is 11.7. The summed E-state index contributed by atoms with van der Waals surface area (Å²) in [6.45, 7) is 8.13. The van der Waals surface area contributed by atoms with Crippen LogP contribution in [0.5, 0.6) is 11.5 Å². The van der Waals surface area contributed by atoms with Gasteiger partial charge >= 0.3 is 0 Å². The van der Waals surface area contributed by atoms with E-state index in [1.54, 1.807) is 12.3 Å². The van der Waals surface area contributed by atoms with E-state index in [9.17, 15) is 4.39 Å². The van der Waals surface area contributed by atoms with Crippen LogP contribution in [0.15, 0.2) is 35.1 Å². The van der Waals surface area contributed by atoms with Gasteiger partial charge in [-0.3, -0.25) is 0 Å².